The zero-order chi connectivity index (χ0) is 14.8. The molecule has 1 amide bonds. The molecule has 1 N–H and O–H groups in total. The average Bonchev–Trinajstić information content (AvgIpc) is 2.45. The summed E-state index contributed by atoms with van der Waals surface area (Å²) in [7, 11) is 0. The standard InChI is InChI=1S/C13H11BrF2N2O2/c14-8-5-10(16)11(6-9(8)15)18-12(19)13(7-17)1-3-20-4-2-13/h5-6H,1-4H2,(H,18,19). The van der Waals surface area contributed by atoms with Crippen molar-refractivity contribution in [1.29, 1.82) is 5.26 Å². The fourth-order valence-electron chi connectivity index (χ4n) is 1.97. The number of hydrogen-bond acceptors (Lipinski definition) is 3. The van der Waals surface area contributed by atoms with Crippen molar-refractivity contribution in [3.63, 3.8) is 0 Å². The number of nitrogens with zero attached hydrogens (tertiary/aromatic N) is 1. The summed E-state index contributed by atoms with van der Waals surface area (Å²) < 4.78 is 32.1. The van der Waals surface area contributed by atoms with E-state index < -0.39 is 23.0 Å². The number of nitrogens with one attached hydrogen (secondary N) is 1. The number of carbonyl (C=O) groups is 1. The molecule has 1 aromatic rings. The summed E-state index contributed by atoms with van der Waals surface area (Å²) >= 11 is 2.85. The van der Waals surface area contributed by atoms with E-state index in [0.29, 0.717) is 0 Å². The van der Waals surface area contributed by atoms with Crippen molar-refractivity contribution >= 4 is 27.5 Å². The molecule has 20 heavy (non-hydrogen) atoms. The molecule has 1 fully saturated rings. The highest BCUT2D eigenvalue weighted by Gasteiger charge is 2.40. The van der Waals surface area contributed by atoms with Gasteiger partial charge in [-0.15, -0.1) is 0 Å². The maximum absolute atomic E-state index is 13.7. The van der Waals surface area contributed by atoms with Crippen LogP contribution in [0.4, 0.5) is 14.5 Å². The molecule has 0 bridgehead atoms. The maximum Gasteiger partial charge on any atom is 0.245 e. The number of benzene rings is 1. The largest absolute Gasteiger partial charge is 0.381 e. The van der Waals surface area contributed by atoms with Crippen LogP contribution >= 0.6 is 15.9 Å². The topological polar surface area (TPSA) is 62.1 Å². The zero-order valence-corrected chi connectivity index (χ0v) is 12.0. The van der Waals surface area contributed by atoms with E-state index in [-0.39, 0.29) is 36.2 Å². The Kier molecular flexibility index (Phi) is 4.35. The monoisotopic (exact) mass is 344 g/mol. The molecule has 1 heterocycles. The second-order valence-corrected chi connectivity index (χ2v) is 5.36. The summed E-state index contributed by atoms with van der Waals surface area (Å²) in [6.45, 7) is 0.580. The Morgan fingerprint density at radius 2 is 2.00 bits per heavy atom. The van der Waals surface area contributed by atoms with Gasteiger partial charge in [0.1, 0.15) is 17.0 Å². The predicted octanol–water partition coefficient (Wildman–Crippen LogP) is 2.99. The van der Waals surface area contributed by atoms with Gasteiger partial charge >= 0.3 is 0 Å². The molecule has 4 nitrogen and oxygen atoms in total. The summed E-state index contributed by atoms with van der Waals surface area (Å²) in [5, 5.41) is 11.5. The number of rotatable bonds is 2. The van der Waals surface area contributed by atoms with E-state index in [1.807, 2.05) is 6.07 Å². The van der Waals surface area contributed by atoms with Crippen LogP contribution < -0.4 is 5.32 Å². The van der Waals surface area contributed by atoms with Crippen LogP contribution in [0.2, 0.25) is 0 Å². The van der Waals surface area contributed by atoms with Crippen LogP contribution in [0.25, 0.3) is 0 Å². The first-order valence-electron chi connectivity index (χ1n) is 5.93. The normalized spacial score (nSPS) is 17.3. The van der Waals surface area contributed by atoms with Gasteiger partial charge in [0.05, 0.1) is 16.2 Å². The van der Waals surface area contributed by atoms with Gasteiger partial charge in [-0.05, 0) is 34.8 Å². The van der Waals surface area contributed by atoms with Crippen LogP contribution in [0, 0.1) is 28.4 Å². The Morgan fingerprint density at radius 3 is 2.60 bits per heavy atom. The lowest BCUT2D eigenvalue weighted by Gasteiger charge is -2.29. The van der Waals surface area contributed by atoms with Crippen LogP contribution in [0.15, 0.2) is 16.6 Å². The first-order valence-corrected chi connectivity index (χ1v) is 6.73. The quantitative estimate of drug-likeness (QED) is 0.839. The number of nitriles is 1. The fourth-order valence-corrected chi connectivity index (χ4v) is 2.29. The second kappa shape index (κ2) is 5.85. The first-order chi connectivity index (χ1) is 9.48. The predicted molar refractivity (Wildman–Crippen MR) is 70.8 cm³/mol. The highest BCUT2D eigenvalue weighted by molar-refractivity contribution is 9.10. The molecule has 1 aliphatic heterocycles. The maximum atomic E-state index is 13.7. The van der Waals surface area contributed by atoms with Crippen molar-refractivity contribution in [3.8, 4) is 6.07 Å². The lowest BCUT2D eigenvalue weighted by atomic mass is 9.81. The minimum Gasteiger partial charge on any atom is -0.381 e. The third-order valence-corrected chi connectivity index (χ3v) is 3.86. The Balaban J connectivity index is 2.23. The van der Waals surface area contributed by atoms with Gasteiger partial charge in [0.25, 0.3) is 0 Å². The van der Waals surface area contributed by atoms with Crippen molar-refractivity contribution < 1.29 is 18.3 Å². The third-order valence-electron chi connectivity index (χ3n) is 3.25. The Labute approximate surface area is 122 Å². The van der Waals surface area contributed by atoms with E-state index in [2.05, 4.69) is 21.2 Å². The molecular weight excluding hydrogens is 334 g/mol. The number of amides is 1. The van der Waals surface area contributed by atoms with Crippen molar-refractivity contribution in [2.45, 2.75) is 12.8 Å². The number of ether oxygens (including phenoxy) is 1. The summed E-state index contributed by atoms with van der Waals surface area (Å²) in [4.78, 5) is 12.2. The van der Waals surface area contributed by atoms with Crippen molar-refractivity contribution in [3.05, 3.63) is 28.2 Å². The van der Waals surface area contributed by atoms with Crippen LogP contribution in [0.3, 0.4) is 0 Å². The molecule has 1 saturated heterocycles. The molecule has 1 aliphatic rings. The number of halogens is 3. The number of carbonyl (C=O) groups excluding carboxylic acids is 1. The first kappa shape index (κ1) is 14.9. The molecule has 0 radical (unpaired) electrons. The van der Waals surface area contributed by atoms with Gasteiger partial charge in [-0.3, -0.25) is 4.79 Å². The molecule has 106 valence electrons. The fraction of sp³-hybridized carbons (Fsp3) is 0.385. The van der Waals surface area contributed by atoms with Crippen molar-refractivity contribution in [2.75, 3.05) is 18.5 Å². The Bertz CT molecular complexity index is 580. The molecule has 0 saturated carbocycles. The summed E-state index contributed by atoms with van der Waals surface area (Å²) in [6.07, 6.45) is 0.464. The van der Waals surface area contributed by atoms with E-state index in [0.717, 1.165) is 12.1 Å². The highest BCUT2D eigenvalue weighted by Crippen LogP contribution is 2.32. The van der Waals surface area contributed by atoms with Gasteiger partial charge in [-0.1, -0.05) is 0 Å². The molecule has 7 heteroatoms. The second-order valence-electron chi connectivity index (χ2n) is 4.51. The van der Waals surface area contributed by atoms with E-state index >= 15 is 0 Å². The summed E-state index contributed by atoms with van der Waals surface area (Å²) in [6, 6.07) is 3.77. The summed E-state index contributed by atoms with van der Waals surface area (Å²) in [5.74, 6) is -2.10. The molecular formula is C13H11BrF2N2O2. The van der Waals surface area contributed by atoms with Gasteiger partial charge in [-0.2, -0.15) is 5.26 Å². The molecule has 1 aromatic carbocycles. The number of anilines is 1. The third kappa shape index (κ3) is 2.81. The molecule has 0 aromatic heterocycles. The van der Waals surface area contributed by atoms with E-state index in [1.54, 1.807) is 0 Å². The van der Waals surface area contributed by atoms with Crippen molar-refractivity contribution in [2.24, 2.45) is 5.41 Å². The molecule has 0 aliphatic carbocycles. The average molecular weight is 345 g/mol. The smallest absolute Gasteiger partial charge is 0.245 e. The van der Waals surface area contributed by atoms with Crippen molar-refractivity contribution in [1.82, 2.24) is 0 Å². The van der Waals surface area contributed by atoms with Gasteiger partial charge in [-0.25, -0.2) is 8.78 Å². The highest BCUT2D eigenvalue weighted by atomic mass is 79.9. The summed E-state index contributed by atoms with van der Waals surface area (Å²) in [5.41, 5.74) is -1.54. The Hall–Kier alpha value is -1.52. The van der Waals surface area contributed by atoms with Crippen LogP contribution in [0.5, 0.6) is 0 Å². The number of hydrogen-bond donors (Lipinski definition) is 1. The zero-order valence-electron chi connectivity index (χ0n) is 10.4. The van der Waals surface area contributed by atoms with Crippen LogP contribution in [0.1, 0.15) is 12.8 Å². The van der Waals surface area contributed by atoms with E-state index in [4.69, 9.17) is 4.74 Å². The molecule has 2 rings (SSSR count). The molecule has 0 atom stereocenters. The van der Waals surface area contributed by atoms with Gasteiger partial charge < -0.3 is 10.1 Å². The van der Waals surface area contributed by atoms with Gasteiger partial charge in [0.15, 0.2) is 0 Å². The molecule has 0 spiro atoms. The Morgan fingerprint density at radius 1 is 1.35 bits per heavy atom. The van der Waals surface area contributed by atoms with Gasteiger partial charge in [0.2, 0.25) is 5.91 Å². The molecule has 0 unspecified atom stereocenters. The SMILES string of the molecule is N#CC1(C(=O)Nc2cc(F)c(Br)cc2F)CCOCC1. The minimum absolute atomic E-state index is 0.0333. The minimum atomic E-state index is -1.26. The van der Waals surface area contributed by atoms with Crippen LogP contribution in [-0.4, -0.2) is 19.1 Å². The van der Waals surface area contributed by atoms with E-state index in [1.165, 1.54) is 0 Å². The van der Waals surface area contributed by atoms with Gasteiger partial charge in [0, 0.05) is 19.3 Å². The van der Waals surface area contributed by atoms with E-state index in [9.17, 15) is 18.8 Å². The van der Waals surface area contributed by atoms with Crippen LogP contribution in [-0.2, 0) is 9.53 Å². The lowest BCUT2D eigenvalue weighted by molar-refractivity contribution is -0.126. The lowest BCUT2D eigenvalue weighted by Crippen LogP contribution is -2.40.